The molecule has 3 heterocycles. The molecule has 1 amide bonds. The number of carbonyl (C=O) groups excluding carboxylic acids is 1. The fourth-order valence-corrected chi connectivity index (χ4v) is 4.41. The molecule has 2 aromatic rings. The van der Waals surface area contributed by atoms with E-state index in [4.69, 9.17) is 11.6 Å². The molecule has 6 heteroatoms. The number of pyridine rings is 1. The minimum absolute atomic E-state index is 0.0507. The fourth-order valence-electron chi connectivity index (χ4n) is 4.21. The zero-order chi connectivity index (χ0) is 17.9. The van der Waals surface area contributed by atoms with Crippen LogP contribution in [-0.2, 0) is 17.8 Å². The first kappa shape index (κ1) is 17.5. The van der Waals surface area contributed by atoms with E-state index in [1.165, 1.54) is 37.8 Å². The van der Waals surface area contributed by atoms with E-state index < -0.39 is 0 Å². The molecule has 26 heavy (non-hydrogen) atoms. The summed E-state index contributed by atoms with van der Waals surface area (Å²) in [7, 11) is 0. The van der Waals surface area contributed by atoms with E-state index in [2.05, 4.69) is 20.1 Å². The fraction of sp³-hybridized carbons (Fsp3) is 0.550. The number of aromatic nitrogens is 3. The Morgan fingerprint density at radius 1 is 1.15 bits per heavy atom. The van der Waals surface area contributed by atoms with Crippen LogP contribution in [0.5, 0.6) is 0 Å². The number of anilines is 1. The van der Waals surface area contributed by atoms with E-state index in [1.807, 2.05) is 12.3 Å². The van der Waals surface area contributed by atoms with E-state index in [9.17, 15) is 4.79 Å². The second kappa shape index (κ2) is 7.78. The molecule has 4 rings (SSSR count). The number of hydrogen-bond acceptors (Lipinski definition) is 3. The predicted molar refractivity (Wildman–Crippen MR) is 103 cm³/mol. The lowest BCUT2D eigenvalue weighted by molar-refractivity contribution is -0.117. The number of carbonyl (C=O) groups is 1. The van der Waals surface area contributed by atoms with Crippen LogP contribution in [0, 0.1) is 5.92 Å². The van der Waals surface area contributed by atoms with E-state index in [-0.39, 0.29) is 5.91 Å². The number of aryl methyl sites for hydroxylation is 1. The van der Waals surface area contributed by atoms with Gasteiger partial charge in [-0.2, -0.15) is 5.10 Å². The highest BCUT2D eigenvalue weighted by Gasteiger charge is 2.20. The van der Waals surface area contributed by atoms with Gasteiger partial charge in [0, 0.05) is 36.0 Å². The SMILES string of the molecule is O=C(CC1CCCCC1)Nc1cc(-c2cnn3c2CCCC3)c(Cl)cn1. The molecule has 1 aliphatic carbocycles. The smallest absolute Gasteiger partial charge is 0.225 e. The van der Waals surface area contributed by atoms with Crippen molar-refractivity contribution in [1.82, 2.24) is 14.8 Å². The maximum absolute atomic E-state index is 12.4. The van der Waals surface area contributed by atoms with E-state index in [1.54, 1.807) is 6.20 Å². The van der Waals surface area contributed by atoms with Crippen LogP contribution in [-0.4, -0.2) is 20.7 Å². The Bertz CT molecular complexity index is 795. The van der Waals surface area contributed by atoms with Crippen molar-refractivity contribution < 1.29 is 4.79 Å². The molecular formula is C20H25ClN4O. The van der Waals surface area contributed by atoms with Gasteiger partial charge in [-0.1, -0.05) is 30.9 Å². The second-order valence-electron chi connectivity index (χ2n) is 7.49. The lowest BCUT2D eigenvalue weighted by atomic mass is 9.87. The minimum Gasteiger partial charge on any atom is -0.311 e. The highest BCUT2D eigenvalue weighted by atomic mass is 35.5. The Hall–Kier alpha value is -1.88. The first-order chi connectivity index (χ1) is 12.7. The highest BCUT2D eigenvalue weighted by Crippen LogP contribution is 2.34. The minimum atomic E-state index is 0.0507. The molecule has 0 radical (unpaired) electrons. The molecule has 1 fully saturated rings. The van der Waals surface area contributed by atoms with Crippen LogP contribution in [0.4, 0.5) is 5.82 Å². The average molecular weight is 373 g/mol. The number of halogens is 1. The molecule has 0 bridgehead atoms. The third-order valence-electron chi connectivity index (χ3n) is 5.59. The Morgan fingerprint density at radius 3 is 2.85 bits per heavy atom. The van der Waals surface area contributed by atoms with Crippen LogP contribution in [0.25, 0.3) is 11.1 Å². The maximum atomic E-state index is 12.4. The van der Waals surface area contributed by atoms with Gasteiger partial charge in [-0.15, -0.1) is 0 Å². The van der Waals surface area contributed by atoms with Crippen molar-refractivity contribution in [3.05, 3.63) is 29.2 Å². The number of rotatable bonds is 4. The zero-order valence-corrected chi connectivity index (χ0v) is 15.8. The summed E-state index contributed by atoms with van der Waals surface area (Å²) in [5, 5.41) is 8.05. The Morgan fingerprint density at radius 2 is 2.00 bits per heavy atom. The van der Waals surface area contributed by atoms with Crippen molar-refractivity contribution in [2.45, 2.75) is 64.3 Å². The average Bonchev–Trinajstić information content (AvgIpc) is 3.08. The van der Waals surface area contributed by atoms with Gasteiger partial charge in [0.15, 0.2) is 0 Å². The summed E-state index contributed by atoms with van der Waals surface area (Å²) in [4.78, 5) is 16.7. The van der Waals surface area contributed by atoms with E-state index in [0.29, 0.717) is 23.2 Å². The summed E-state index contributed by atoms with van der Waals surface area (Å²) >= 11 is 6.41. The van der Waals surface area contributed by atoms with Crippen LogP contribution in [0.15, 0.2) is 18.5 Å². The van der Waals surface area contributed by atoms with Gasteiger partial charge in [-0.05, 0) is 44.1 Å². The number of fused-ring (bicyclic) bond motifs is 1. The standard InChI is InChI=1S/C20H25ClN4O/c21-17-13-22-19(24-20(26)10-14-6-2-1-3-7-14)11-15(17)16-12-23-25-9-5-4-8-18(16)25/h11-14H,1-10H2,(H,22,24,26). The van der Waals surface area contributed by atoms with Crippen LogP contribution in [0.3, 0.4) is 0 Å². The van der Waals surface area contributed by atoms with Gasteiger partial charge < -0.3 is 5.32 Å². The summed E-state index contributed by atoms with van der Waals surface area (Å²) in [5.74, 6) is 1.13. The molecule has 0 spiro atoms. The van der Waals surface area contributed by atoms with Crippen LogP contribution < -0.4 is 5.32 Å². The molecule has 5 nitrogen and oxygen atoms in total. The van der Waals surface area contributed by atoms with E-state index >= 15 is 0 Å². The first-order valence-corrected chi connectivity index (χ1v) is 10.1. The van der Waals surface area contributed by atoms with Crippen molar-refractivity contribution in [2.24, 2.45) is 5.92 Å². The molecule has 1 N–H and O–H groups in total. The topological polar surface area (TPSA) is 59.8 Å². The normalized spacial score (nSPS) is 17.7. The van der Waals surface area contributed by atoms with Gasteiger partial charge in [-0.25, -0.2) is 4.98 Å². The third-order valence-corrected chi connectivity index (χ3v) is 5.90. The van der Waals surface area contributed by atoms with Crippen LogP contribution >= 0.6 is 11.6 Å². The molecule has 1 aliphatic heterocycles. The third kappa shape index (κ3) is 3.78. The molecule has 2 aliphatic rings. The largest absolute Gasteiger partial charge is 0.311 e. The Balaban J connectivity index is 1.51. The molecule has 2 aromatic heterocycles. The molecule has 0 aromatic carbocycles. The predicted octanol–water partition coefficient (Wildman–Crippen LogP) is 4.84. The molecule has 0 unspecified atom stereocenters. The van der Waals surface area contributed by atoms with E-state index in [0.717, 1.165) is 36.9 Å². The summed E-state index contributed by atoms with van der Waals surface area (Å²) in [6, 6.07) is 1.88. The number of nitrogens with one attached hydrogen (secondary N) is 1. The van der Waals surface area contributed by atoms with Crippen LogP contribution in [0.2, 0.25) is 5.02 Å². The maximum Gasteiger partial charge on any atom is 0.225 e. The molecule has 1 saturated carbocycles. The highest BCUT2D eigenvalue weighted by molar-refractivity contribution is 6.33. The van der Waals surface area contributed by atoms with Crippen LogP contribution in [0.1, 0.15) is 57.1 Å². The summed E-state index contributed by atoms with van der Waals surface area (Å²) < 4.78 is 2.07. The van der Waals surface area contributed by atoms with Gasteiger partial charge in [0.2, 0.25) is 5.91 Å². The molecule has 138 valence electrons. The lowest BCUT2D eigenvalue weighted by Gasteiger charge is -2.20. The summed E-state index contributed by atoms with van der Waals surface area (Å²) in [6.45, 7) is 0.961. The summed E-state index contributed by atoms with van der Waals surface area (Å²) in [6.07, 6.45) is 13.6. The first-order valence-electron chi connectivity index (χ1n) is 9.71. The lowest BCUT2D eigenvalue weighted by Crippen LogP contribution is -2.18. The number of hydrogen-bond donors (Lipinski definition) is 1. The van der Waals surface area contributed by atoms with Gasteiger partial charge in [0.25, 0.3) is 0 Å². The van der Waals surface area contributed by atoms with Crippen molar-refractivity contribution in [2.75, 3.05) is 5.32 Å². The molecular weight excluding hydrogens is 348 g/mol. The van der Waals surface area contributed by atoms with Gasteiger partial charge in [0.1, 0.15) is 5.82 Å². The monoisotopic (exact) mass is 372 g/mol. The molecule has 0 atom stereocenters. The second-order valence-corrected chi connectivity index (χ2v) is 7.90. The van der Waals surface area contributed by atoms with Crippen molar-refractivity contribution in [1.29, 1.82) is 0 Å². The van der Waals surface area contributed by atoms with Gasteiger partial charge in [-0.3, -0.25) is 9.48 Å². The molecule has 0 saturated heterocycles. The summed E-state index contributed by atoms with van der Waals surface area (Å²) in [5.41, 5.74) is 3.18. The number of nitrogens with zero attached hydrogens (tertiary/aromatic N) is 3. The van der Waals surface area contributed by atoms with Crippen molar-refractivity contribution in [3.8, 4) is 11.1 Å². The van der Waals surface area contributed by atoms with Crippen molar-refractivity contribution >= 4 is 23.3 Å². The van der Waals surface area contributed by atoms with Crippen molar-refractivity contribution in [3.63, 3.8) is 0 Å². The Labute approximate surface area is 159 Å². The van der Waals surface area contributed by atoms with Gasteiger partial charge in [0.05, 0.1) is 11.2 Å². The zero-order valence-electron chi connectivity index (χ0n) is 15.0. The number of amides is 1. The Kier molecular flexibility index (Phi) is 5.25. The van der Waals surface area contributed by atoms with Gasteiger partial charge >= 0.3 is 0 Å². The quantitative estimate of drug-likeness (QED) is 0.834.